The lowest BCUT2D eigenvalue weighted by Crippen LogP contribution is -2.53. The third-order valence-corrected chi connectivity index (χ3v) is 9.03. The molecular formula is C24H34N2O2. The highest BCUT2D eigenvalue weighted by atomic mass is 16.3. The van der Waals surface area contributed by atoms with E-state index in [0.717, 1.165) is 32.1 Å². The third kappa shape index (κ3) is 2.53. The van der Waals surface area contributed by atoms with Crippen LogP contribution in [0.15, 0.2) is 36.4 Å². The van der Waals surface area contributed by atoms with Crippen molar-refractivity contribution in [2.24, 2.45) is 34.5 Å². The average molecular weight is 383 g/mol. The zero-order chi connectivity index (χ0) is 19.5. The summed E-state index contributed by atoms with van der Waals surface area (Å²) in [5.41, 5.74) is 3.32. The quantitative estimate of drug-likeness (QED) is 0.768. The maximum absolute atomic E-state index is 10.3. The first-order valence-corrected chi connectivity index (χ1v) is 11.2. The van der Waals surface area contributed by atoms with Gasteiger partial charge in [0.15, 0.2) is 0 Å². The van der Waals surface area contributed by atoms with Crippen molar-refractivity contribution in [3.8, 4) is 0 Å². The van der Waals surface area contributed by atoms with E-state index in [2.05, 4.69) is 41.7 Å². The topological polar surface area (TPSA) is 58.3 Å². The third-order valence-electron chi connectivity index (χ3n) is 9.03. The van der Waals surface area contributed by atoms with Gasteiger partial charge in [0.2, 0.25) is 0 Å². The summed E-state index contributed by atoms with van der Waals surface area (Å²) in [6, 6.07) is 0. The van der Waals surface area contributed by atoms with Crippen LogP contribution in [0.4, 0.5) is 0 Å². The van der Waals surface area contributed by atoms with Gasteiger partial charge >= 0.3 is 0 Å². The highest BCUT2D eigenvalue weighted by Gasteiger charge is 2.59. The fourth-order valence-electron chi connectivity index (χ4n) is 7.58. The number of aromatic nitrogens is 2. The summed E-state index contributed by atoms with van der Waals surface area (Å²) in [4.78, 5) is 4.29. The van der Waals surface area contributed by atoms with Crippen molar-refractivity contribution in [1.82, 2.24) is 9.55 Å². The zero-order valence-corrected chi connectivity index (χ0v) is 17.2. The Balaban J connectivity index is 1.54. The van der Waals surface area contributed by atoms with Crippen molar-refractivity contribution in [3.63, 3.8) is 0 Å². The lowest BCUT2D eigenvalue weighted by Gasteiger charge is -2.59. The molecule has 0 bridgehead atoms. The van der Waals surface area contributed by atoms with E-state index < -0.39 is 0 Å². The molecule has 0 spiro atoms. The van der Waals surface area contributed by atoms with Gasteiger partial charge in [0, 0.05) is 30.1 Å². The van der Waals surface area contributed by atoms with E-state index in [1.165, 1.54) is 24.1 Å². The second-order valence-electron chi connectivity index (χ2n) is 10.2. The number of hydrogen-bond acceptors (Lipinski definition) is 3. The molecule has 152 valence electrons. The molecule has 0 radical (unpaired) electrons. The predicted molar refractivity (Wildman–Crippen MR) is 110 cm³/mol. The monoisotopic (exact) mass is 382 g/mol. The van der Waals surface area contributed by atoms with Crippen LogP contribution in [0.2, 0.25) is 0 Å². The highest BCUT2D eigenvalue weighted by molar-refractivity contribution is 5.57. The average Bonchev–Trinajstić information content (AvgIpc) is 3.30. The van der Waals surface area contributed by atoms with E-state index in [4.69, 9.17) is 0 Å². The van der Waals surface area contributed by atoms with Gasteiger partial charge in [-0.25, -0.2) is 4.98 Å². The minimum Gasteiger partial charge on any atom is -0.396 e. The van der Waals surface area contributed by atoms with Crippen LogP contribution in [0, 0.1) is 34.5 Å². The first kappa shape index (κ1) is 18.6. The maximum atomic E-state index is 10.3. The summed E-state index contributed by atoms with van der Waals surface area (Å²) < 4.78 is 2.23. The van der Waals surface area contributed by atoms with Gasteiger partial charge in [0.25, 0.3) is 0 Å². The SMILES string of the molecule is C[C@]12CC[C@@H](O)CC1=C[C@@H](CCO)[C@@H]1[C@@H]2CC[C@]2(C)C(n3ccnc3)=CC[C@@H]12. The largest absolute Gasteiger partial charge is 0.396 e. The van der Waals surface area contributed by atoms with Crippen LogP contribution in [-0.4, -0.2) is 32.5 Å². The highest BCUT2D eigenvalue weighted by Crippen LogP contribution is 2.67. The number of rotatable bonds is 3. The lowest BCUT2D eigenvalue weighted by molar-refractivity contribution is -0.0504. The van der Waals surface area contributed by atoms with Crippen molar-refractivity contribution in [2.75, 3.05) is 6.61 Å². The van der Waals surface area contributed by atoms with Gasteiger partial charge in [-0.05, 0) is 74.0 Å². The number of imidazole rings is 1. The van der Waals surface area contributed by atoms with E-state index in [-0.39, 0.29) is 23.5 Å². The fourth-order valence-corrected chi connectivity index (χ4v) is 7.58. The Bertz CT molecular complexity index is 798. The van der Waals surface area contributed by atoms with Crippen molar-refractivity contribution in [2.45, 2.75) is 64.9 Å². The van der Waals surface area contributed by atoms with Gasteiger partial charge < -0.3 is 14.8 Å². The Kier molecular flexibility index (Phi) is 4.37. The van der Waals surface area contributed by atoms with Gasteiger partial charge in [-0.15, -0.1) is 0 Å². The lowest BCUT2D eigenvalue weighted by atomic mass is 9.45. The first-order chi connectivity index (χ1) is 13.5. The summed E-state index contributed by atoms with van der Waals surface area (Å²) in [7, 11) is 0. The van der Waals surface area contributed by atoms with Gasteiger partial charge in [0.1, 0.15) is 0 Å². The molecule has 2 N–H and O–H groups in total. The molecule has 0 aliphatic heterocycles. The number of aliphatic hydroxyl groups excluding tert-OH is 2. The molecule has 4 aliphatic rings. The van der Waals surface area contributed by atoms with Crippen LogP contribution < -0.4 is 0 Å². The fraction of sp³-hybridized carbons (Fsp3) is 0.708. The van der Waals surface area contributed by atoms with Crippen LogP contribution in [0.1, 0.15) is 58.8 Å². The molecule has 0 saturated heterocycles. The summed E-state index contributed by atoms with van der Waals surface area (Å²) >= 11 is 0. The number of hydrogen-bond donors (Lipinski definition) is 2. The molecule has 0 unspecified atom stereocenters. The number of fused-ring (bicyclic) bond motifs is 5. The number of allylic oxidation sites excluding steroid dienone is 3. The summed E-state index contributed by atoms with van der Waals surface area (Å²) in [5, 5.41) is 20.1. The molecule has 4 nitrogen and oxygen atoms in total. The van der Waals surface area contributed by atoms with Gasteiger partial charge in [-0.2, -0.15) is 0 Å². The molecule has 0 aromatic carbocycles. The van der Waals surface area contributed by atoms with Crippen LogP contribution in [0.5, 0.6) is 0 Å². The molecular weight excluding hydrogens is 348 g/mol. The van der Waals surface area contributed by atoms with Crippen LogP contribution >= 0.6 is 0 Å². The van der Waals surface area contributed by atoms with Crippen LogP contribution in [0.25, 0.3) is 5.70 Å². The first-order valence-electron chi connectivity index (χ1n) is 11.2. The Morgan fingerprint density at radius 2 is 2.00 bits per heavy atom. The molecule has 7 atom stereocenters. The van der Waals surface area contributed by atoms with Crippen LogP contribution in [-0.2, 0) is 0 Å². The number of aliphatic hydroxyl groups is 2. The normalized spacial score (nSPS) is 44.9. The molecule has 28 heavy (non-hydrogen) atoms. The summed E-state index contributed by atoms with van der Waals surface area (Å²) in [6.07, 6.45) is 18.0. The Morgan fingerprint density at radius 1 is 1.18 bits per heavy atom. The van der Waals surface area contributed by atoms with Crippen molar-refractivity contribution in [3.05, 3.63) is 36.4 Å². The predicted octanol–water partition coefficient (Wildman–Crippen LogP) is 4.27. The second-order valence-corrected chi connectivity index (χ2v) is 10.2. The van der Waals surface area contributed by atoms with E-state index in [0.29, 0.717) is 23.7 Å². The minimum atomic E-state index is -0.180. The smallest absolute Gasteiger partial charge is 0.0989 e. The van der Waals surface area contributed by atoms with E-state index in [1.54, 1.807) is 0 Å². The summed E-state index contributed by atoms with van der Waals surface area (Å²) in [5.74, 6) is 2.35. The molecule has 2 saturated carbocycles. The Labute approximate surface area is 168 Å². The van der Waals surface area contributed by atoms with Crippen molar-refractivity contribution < 1.29 is 10.2 Å². The Morgan fingerprint density at radius 3 is 2.75 bits per heavy atom. The van der Waals surface area contributed by atoms with E-state index in [1.807, 2.05) is 12.5 Å². The Hall–Kier alpha value is -1.39. The van der Waals surface area contributed by atoms with Crippen molar-refractivity contribution in [1.29, 1.82) is 0 Å². The molecule has 1 aromatic heterocycles. The van der Waals surface area contributed by atoms with Gasteiger partial charge in [-0.1, -0.05) is 31.6 Å². The number of nitrogens with zero attached hydrogens (tertiary/aromatic N) is 2. The van der Waals surface area contributed by atoms with E-state index in [9.17, 15) is 10.2 Å². The minimum absolute atomic E-state index is 0.180. The van der Waals surface area contributed by atoms with Gasteiger partial charge in [0.05, 0.1) is 12.4 Å². The molecule has 1 aromatic rings. The van der Waals surface area contributed by atoms with Crippen LogP contribution in [0.3, 0.4) is 0 Å². The van der Waals surface area contributed by atoms with Crippen molar-refractivity contribution >= 4 is 5.70 Å². The standard InChI is InChI=1S/C24H34N2O2/c1-23-8-5-18(28)14-17(23)13-16(7-12-27)22-19-3-4-21(26-11-10-25-15-26)24(19,2)9-6-20(22)23/h4,10-11,13,15-16,18-20,22,27-28H,3,5-9,12,14H2,1-2H3/t16-,18-,19+,20+,22+,23+,24+/m1/s1. The maximum Gasteiger partial charge on any atom is 0.0989 e. The molecule has 5 rings (SSSR count). The second kappa shape index (κ2) is 6.56. The molecule has 1 heterocycles. The van der Waals surface area contributed by atoms with Gasteiger partial charge in [-0.3, -0.25) is 0 Å². The molecule has 2 fully saturated rings. The molecule has 4 heteroatoms. The summed E-state index contributed by atoms with van der Waals surface area (Å²) in [6.45, 7) is 5.19. The molecule has 0 amide bonds. The zero-order valence-electron chi connectivity index (χ0n) is 17.2. The molecule has 4 aliphatic carbocycles. The van der Waals surface area contributed by atoms with E-state index >= 15 is 0 Å².